The van der Waals surface area contributed by atoms with Crippen molar-refractivity contribution in [2.24, 2.45) is 0 Å². The Labute approximate surface area is 142 Å². The van der Waals surface area contributed by atoms with E-state index in [0.717, 1.165) is 11.1 Å². The molecule has 1 aliphatic heterocycles. The number of morpholine rings is 1. The van der Waals surface area contributed by atoms with Crippen molar-refractivity contribution in [2.75, 3.05) is 32.8 Å². The number of amides is 1. The number of carbonyl (C=O) groups is 1. The lowest BCUT2D eigenvalue weighted by Crippen LogP contribution is -2.45. The summed E-state index contributed by atoms with van der Waals surface area (Å²) < 4.78 is 5.36. The number of nitrogens with one attached hydrogen (secondary N) is 1. The maximum absolute atomic E-state index is 13.0. The minimum atomic E-state index is -0.180. The molecule has 5 heteroatoms. The number of hydrogen-bond donors (Lipinski definition) is 1. The van der Waals surface area contributed by atoms with E-state index in [1.165, 1.54) is 0 Å². The number of aromatic nitrogens is 1. The van der Waals surface area contributed by atoms with E-state index < -0.39 is 0 Å². The van der Waals surface area contributed by atoms with Crippen LogP contribution < -0.4 is 5.32 Å². The summed E-state index contributed by atoms with van der Waals surface area (Å²) in [6.45, 7) is 3.89. The molecular weight excluding hydrogens is 302 g/mol. The van der Waals surface area contributed by atoms with Gasteiger partial charge in [0.25, 0.3) is 0 Å². The van der Waals surface area contributed by atoms with E-state index in [2.05, 4.69) is 10.3 Å². The lowest BCUT2D eigenvalue weighted by atomic mass is 9.97. The predicted molar refractivity (Wildman–Crippen MR) is 92.5 cm³/mol. The molecule has 0 unspecified atom stereocenters. The van der Waals surface area contributed by atoms with E-state index in [4.69, 9.17) is 4.74 Å². The summed E-state index contributed by atoms with van der Waals surface area (Å²) >= 11 is 0. The molecule has 0 aliphatic carbocycles. The molecule has 1 fully saturated rings. The van der Waals surface area contributed by atoms with Crippen LogP contribution in [0.4, 0.5) is 0 Å². The zero-order chi connectivity index (χ0) is 16.6. The largest absolute Gasteiger partial charge is 0.378 e. The third kappa shape index (κ3) is 4.40. The first-order valence-electron chi connectivity index (χ1n) is 8.35. The van der Waals surface area contributed by atoms with Gasteiger partial charge >= 0.3 is 0 Å². The molecule has 0 radical (unpaired) electrons. The van der Waals surface area contributed by atoms with E-state index in [1.807, 2.05) is 53.6 Å². The lowest BCUT2D eigenvalue weighted by molar-refractivity contribution is -0.136. The van der Waals surface area contributed by atoms with E-state index >= 15 is 0 Å². The van der Waals surface area contributed by atoms with Crippen LogP contribution in [0.2, 0.25) is 0 Å². The van der Waals surface area contributed by atoms with Gasteiger partial charge in [-0.05, 0) is 17.2 Å². The Bertz CT molecular complexity index is 628. The zero-order valence-corrected chi connectivity index (χ0v) is 13.7. The monoisotopic (exact) mass is 325 g/mol. The minimum Gasteiger partial charge on any atom is -0.378 e. The Morgan fingerprint density at radius 1 is 1.17 bits per heavy atom. The quantitative estimate of drug-likeness (QED) is 0.880. The summed E-state index contributed by atoms with van der Waals surface area (Å²) in [5.74, 6) is -0.0100. The number of benzene rings is 1. The van der Waals surface area contributed by atoms with Gasteiger partial charge in [-0.25, -0.2) is 0 Å². The molecule has 1 saturated heterocycles. The van der Waals surface area contributed by atoms with Crippen molar-refractivity contribution in [3.63, 3.8) is 0 Å². The minimum absolute atomic E-state index is 0.170. The molecule has 0 saturated carbocycles. The van der Waals surface area contributed by atoms with E-state index in [-0.39, 0.29) is 11.8 Å². The van der Waals surface area contributed by atoms with Crippen molar-refractivity contribution in [3.05, 3.63) is 66.0 Å². The van der Waals surface area contributed by atoms with Crippen LogP contribution in [0.15, 0.2) is 54.9 Å². The predicted octanol–water partition coefficient (Wildman–Crippen LogP) is 1.81. The molecule has 1 aliphatic rings. The SMILES string of the molecule is O=C([C@H](CNCc1cccnc1)c1ccccc1)N1CCOCC1. The van der Waals surface area contributed by atoms with Gasteiger partial charge in [-0.15, -0.1) is 0 Å². The number of hydrogen-bond acceptors (Lipinski definition) is 4. The highest BCUT2D eigenvalue weighted by atomic mass is 16.5. The number of rotatable bonds is 6. The molecule has 1 atom stereocenters. The van der Waals surface area contributed by atoms with Crippen molar-refractivity contribution in [1.82, 2.24) is 15.2 Å². The molecule has 1 amide bonds. The average Bonchev–Trinajstić information content (AvgIpc) is 2.67. The first-order valence-corrected chi connectivity index (χ1v) is 8.35. The van der Waals surface area contributed by atoms with Crippen molar-refractivity contribution in [3.8, 4) is 0 Å². The van der Waals surface area contributed by atoms with Gasteiger partial charge in [-0.3, -0.25) is 9.78 Å². The maximum Gasteiger partial charge on any atom is 0.231 e. The second-order valence-corrected chi connectivity index (χ2v) is 5.89. The molecule has 1 aromatic carbocycles. The molecule has 24 heavy (non-hydrogen) atoms. The molecule has 2 heterocycles. The standard InChI is InChI=1S/C19H23N3O2/c23-19(22-9-11-24-12-10-22)18(17-6-2-1-3-7-17)15-21-14-16-5-4-8-20-13-16/h1-8,13,18,21H,9-12,14-15H2/t18-/m1/s1. The van der Waals surface area contributed by atoms with Gasteiger partial charge in [-0.1, -0.05) is 36.4 Å². The molecule has 1 aromatic heterocycles. The molecular formula is C19H23N3O2. The van der Waals surface area contributed by atoms with Crippen LogP contribution in [-0.2, 0) is 16.1 Å². The Hall–Kier alpha value is -2.24. The van der Waals surface area contributed by atoms with E-state index in [1.54, 1.807) is 6.20 Å². The summed E-state index contributed by atoms with van der Waals surface area (Å²) in [7, 11) is 0. The summed E-state index contributed by atoms with van der Waals surface area (Å²) in [5.41, 5.74) is 2.16. The maximum atomic E-state index is 13.0. The molecule has 5 nitrogen and oxygen atoms in total. The van der Waals surface area contributed by atoms with Crippen LogP contribution >= 0.6 is 0 Å². The molecule has 0 bridgehead atoms. The van der Waals surface area contributed by atoms with Crippen LogP contribution in [0.3, 0.4) is 0 Å². The second-order valence-electron chi connectivity index (χ2n) is 5.89. The van der Waals surface area contributed by atoms with Gasteiger partial charge in [0.15, 0.2) is 0 Å². The van der Waals surface area contributed by atoms with Crippen molar-refractivity contribution in [1.29, 1.82) is 0 Å². The van der Waals surface area contributed by atoms with E-state index in [0.29, 0.717) is 39.4 Å². The number of carbonyl (C=O) groups excluding carboxylic acids is 1. The van der Waals surface area contributed by atoms with Crippen LogP contribution in [0.5, 0.6) is 0 Å². The smallest absolute Gasteiger partial charge is 0.231 e. The van der Waals surface area contributed by atoms with Crippen LogP contribution in [0, 0.1) is 0 Å². The fourth-order valence-corrected chi connectivity index (χ4v) is 2.90. The lowest BCUT2D eigenvalue weighted by Gasteiger charge is -2.30. The van der Waals surface area contributed by atoms with Crippen molar-refractivity contribution in [2.45, 2.75) is 12.5 Å². The van der Waals surface area contributed by atoms with Crippen LogP contribution in [0.1, 0.15) is 17.0 Å². The third-order valence-corrected chi connectivity index (χ3v) is 4.22. The van der Waals surface area contributed by atoms with Crippen LogP contribution in [-0.4, -0.2) is 48.6 Å². The average molecular weight is 325 g/mol. The van der Waals surface area contributed by atoms with E-state index in [9.17, 15) is 4.79 Å². The fourth-order valence-electron chi connectivity index (χ4n) is 2.90. The Morgan fingerprint density at radius 3 is 2.67 bits per heavy atom. The zero-order valence-electron chi connectivity index (χ0n) is 13.7. The summed E-state index contributed by atoms with van der Waals surface area (Å²) in [4.78, 5) is 19.0. The van der Waals surface area contributed by atoms with Crippen LogP contribution in [0.25, 0.3) is 0 Å². The summed E-state index contributed by atoms with van der Waals surface area (Å²) in [6, 6.07) is 13.9. The number of nitrogens with zero attached hydrogens (tertiary/aromatic N) is 2. The van der Waals surface area contributed by atoms with Gasteiger partial charge in [-0.2, -0.15) is 0 Å². The van der Waals surface area contributed by atoms with Crippen molar-refractivity contribution < 1.29 is 9.53 Å². The Kier molecular flexibility index (Phi) is 5.93. The van der Waals surface area contributed by atoms with Gasteiger partial charge in [0, 0.05) is 38.6 Å². The molecule has 2 aromatic rings. The summed E-state index contributed by atoms with van der Waals surface area (Å²) in [6.07, 6.45) is 3.60. The highest BCUT2D eigenvalue weighted by Crippen LogP contribution is 2.19. The highest BCUT2D eigenvalue weighted by Gasteiger charge is 2.26. The summed E-state index contributed by atoms with van der Waals surface area (Å²) in [5, 5.41) is 3.40. The van der Waals surface area contributed by atoms with Gasteiger partial charge in [0.05, 0.1) is 19.1 Å². The fraction of sp³-hybridized carbons (Fsp3) is 0.368. The van der Waals surface area contributed by atoms with Gasteiger partial charge in [0.1, 0.15) is 0 Å². The normalized spacial score (nSPS) is 15.9. The molecule has 3 rings (SSSR count). The number of ether oxygens (including phenoxy) is 1. The van der Waals surface area contributed by atoms with Gasteiger partial charge in [0.2, 0.25) is 5.91 Å². The third-order valence-electron chi connectivity index (χ3n) is 4.22. The molecule has 0 spiro atoms. The second kappa shape index (κ2) is 8.57. The Morgan fingerprint density at radius 2 is 1.96 bits per heavy atom. The topological polar surface area (TPSA) is 54.5 Å². The first-order chi connectivity index (χ1) is 11.8. The first kappa shape index (κ1) is 16.6. The van der Waals surface area contributed by atoms with Crippen molar-refractivity contribution >= 4 is 5.91 Å². The van der Waals surface area contributed by atoms with Gasteiger partial charge < -0.3 is 15.0 Å². The Balaban J connectivity index is 1.66. The number of pyridine rings is 1. The highest BCUT2D eigenvalue weighted by molar-refractivity contribution is 5.84. The molecule has 126 valence electrons. The molecule has 1 N–H and O–H groups in total.